The lowest BCUT2D eigenvalue weighted by Crippen LogP contribution is -2.34. The molecule has 1 fully saturated rings. The van der Waals surface area contributed by atoms with E-state index in [4.69, 9.17) is 0 Å². The van der Waals surface area contributed by atoms with Gasteiger partial charge in [-0.25, -0.2) is 0 Å². The van der Waals surface area contributed by atoms with Crippen LogP contribution in [0.3, 0.4) is 0 Å². The SMILES string of the molecule is CC(CC(=O)NCCCN(C)c1ccccc1)C1CCNCC1.Cl.Cl. The second kappa shape index (κ2) is 13.3. The van der Waals surface area contributed by atoms with Gasteiger partial charge in [0, 0.05) is 32.2 Å². The summed E-state index contributed by atoms with van der Waals surface area (Å²) in [5.41, 5.74) is 1.22. The number of anilines is 1. The highest BCUT2D eigenvalue weighted by Crippen LogP contribution is 2.24. The Morgan fingerprint density at radius 1 is 1.24 bits per heavy atom. The number of hydrogen-bond donors (Lipinski definition) is 2. The van der Waals surface area contributed by atoms with Gasteiger partial charge >= 0.3 is 0 Å². The molecule has 1 aromatic carbocycles. The minimum atomic E-state index is 0. The fourth-order valence-corrected chi connectivity index (χ4v) is 3.30. The van der Waals surface area contributed by atoms with Crippen LogP contribution in [0.2, 0.25) is 0 Å². The van der Waals surface area contributed by atoms with Gasteiger partial charge in [-0.05, 0) is 56.3 Å². The van der Waals surface area contributed by atoms with Crippen LogP contribution in [0.5, 0.6) is 0 Å². The Kier molecular flexibility index (Phi) is 12.7. The molecular weight excluding hydrogens is 357 g/mol. The maximum Gasteiger partial charge on any atom is 0.220 e. The van der Waals surface area contributed by atoms with Gasteiger partial charge in [0.25, 0.3) is 0 Å². The van der Waals surface area contributed by atoms with Crippen molar-refractivity contribution in [3.05, 3.63) is 30.3 Å². The van der Waals surface area contributed by atoms with Crippen LogP contribution in [0.25, 0.3) is 0 Å². The summed E-state index contributed by atoms with van der Waals surface area (Å²) in [7, 11) is 2.09. The number of piperidine rings is 1. The number of hydrogen-bond acceptors (Lipinski definition) is 3. The molecule has 4 nitrogen and oxygen atoms in total. The van der Waals surface area contributed by atoms with Crippen LogP contribution < -0.4 is 15.5 Å². The number of carbonyl (C=O) groups excluding carboxylic acids is 1. The monoisotopic (exact) mass is 389 g/mol. The third kappa shape index (κ3) is 8.80. The van der Waals surface area contributed by atoms with Gasteiger partial charge in [-0.1, -0.05) is 25.1 Å². The number of amides is 1. The smallest absolute Gasteiger partial charge is 0.220 e. The number of rotatable bonds is 8. The lowest BCUT2D eigenvalue weighted by atomic mass is 9.84. The van der Waals surface area contributed by atoms with Crippen LogP contribution in [-0.2, 0) is 4.79 Å². The summed E-state index contributed by atoms with van der Waals surface area (Å²) in [4.78, 5) is 14.3. The quantitative estimate of drug-likeness (QED) is 0.668. The van der Waals surface area contributed by atoms with Crippen molar-refractivity contribution in [3.8, 4) is 0 Å². The first kappa shape index (κ1) is 24.0. The molecule has 6 heteroatoms. The summed E-state index contributed by atoms with van der Waals surface area (Å²) in [6.45, 7) is 6.13. The topological polar surface area (TPSA) is 44.4 Å². The fourth-order valence-electron chi connectivity index (χ4n) is 3.30. The summed E-state index contributed by atoms with van der Waals surface area (Å²) in [6, 6.07) is 10.4. The Morgan fingerprint density at radius 3 is 2.52 bits per heavy atom. The van der Waals surface area contributed by atoms with Crippen LogP contribution in [0.15, 0.2) is 30.3 Å². The largest absolute Gasteiger partial charge is 0.375 e. The van der Waals surface area contributed by atoms with E-state index in [1.807, 2.05) is 6.07 Å². The van der Waals surface area contributed by atoms with Crippen molar-refractivity contribution in [3.63, 3.8) is 0 Å². The molecule has 1 aromatic rings. The third-order valence-electron chi connectivity index (χ3n) is 4.89. The van der Waals surface area contributed by atoms with Crippen molar-refractivity contribution in [1.29, 1.82) is 0 Å². The highest BCUT2D eigenvalue weighted by atomic mass is 35.5. The molecule has 1 heterocycles. The number of para-hydroxylation sites is 1. The molecule has 1 aliphatic rings. The summed E-state index contributed by atoms with van der Waals surface area (Å²) in [6.07, 6.45) is 4.05. The standard InChI is InChI=1S/C19H31N3O.2ClH/c1-16(17-9-12-20-13-10-17)15-19(23)21-11-6-14-22(2)18-7-4-3-5-8-18;;/h3-5,7-8,16-17,20H,6,9-15H2,1-2H3,(H,21,23);2*1H. The zero-order valence-corrected chi connectivity index (χ0v) is 17.0. The maximum atomic E-state index is 12.1. The summed E-state index contributed by atoms with van der Waals surface area (Å²) < 4.78 is 0. The number of halogens is 2. The molecule has 0 aliphatic carbocycles. The first-order valence-corrected chi connectivity index (χ1v) is 8.90. The van der Waals surface area contributed by atoms with Crippen LogP contribution >= 0.6 is 24.8 Å². The minimum absolute atomic E-state index is 0. The van der Waals surface area contributed by atoms with E-state index in [0.29, 0.717) is 18.3 Å². The van der Waals surface area contributed by atoms with Crippen molar-refractivity contribution in [2.75, 3.05) is 38.1 Å². The second-order valence-electron chi connectivity index (χ2n) is 6.73. The molecule has 1 atom stereocenters. The van der Waals surface area contributed by atoms with Gasteiger partial charge in [0.2, 0.25) is 5.91 Å². The van der Waals surface area contributed by atoms with Crippen LogP contribution in [0, 0.1) is 11.8 Å². The van der Waals surface area contributed by atoms with E-state index in [2.05, 4.69) is 53.8 Å². The zero-order valence-electron chi connectivity index (χ0n) is 15.4. The van der Waals surface area contributed by atoms with E-state index in [1.54, 1.807) is 0 Å². The van der Waals surface area contributed by atoms with Crippen molar-refractivity contribution < 1.29 is 4.79 Å². The van der Waals surface area contributed by atoms with Gasteiger partial charge in [0.15, 0.2) is 0 Å². The van der Waals surface area contributed by atoms with Crippen molar-refractivity contribution >= 4 is 36.4 Å². The Hall–Kier alpha value is -0.970. The molecule has 1 saturated heterocycles. The number of nitrogens with zero attached hydrogens (tertiary/aromatic N) is 1. The molecule has 0 saturated carbocycles. The molecule has 1 aliphatic heterocycles. The summed E-state index contributed by atoms with van der Waals surface area (Å²) in [5.74, 6) is 1.40. The van der Waals surface area contributed by atoms with Crippen LogP contribution in [0.4, 0.5) is 5.69 Å². The number of benzene rings is 1. The molecule has 1 amide bonds. The van der Waals surface area contributed by atoms with E-state index < -0.39 is 0 Å². The molecule has 144 valence electrons. The lowest BCUT2D eigenvalue weighted by Gasteiger charge is -2.27. The fraction of sp³-hybridized carbons (Fsp3) is 0.632. The van der Waals surface area contributed by atoms with Crippen LogP contribution in [0.1, 0.15) is 32.6 Å². The molecular formula is C19H33Cl2N3O. The van der Waals surface area contributed by atoms with Gasteiger partial charge in [-0.3, -0.25) is 4.79 Å². The van der Waals surface area contributed by atoms with Crippen molar-refractivity contribution in [1.82, 2.24) is 10.6 Å². The van der Waals surface area contributed by atoms with E-state index in [1.165, 1.54) is 18.5 Å². The maximum absolute atomic E-state index is 12.1. The predicted molar refractivity (Wildman–Crippen MR) is 111 cm³/mol. The van der Waals surface area contributed by atoms with E-state index in [0.717, 1.165) is 32.6 Å². The molecule has 2 rings (SSSR count). The highest BCUT2D eigenvalue weighted by Gasteiger charge is 2.21. The first-order chi connectivity index (χ1) is 11.2. The van der Waals surface area contributed by atoms with Crippen molar-refractivity contribution in [2.45, 2.75) is 32.6 Å². The normalized spacial score (nSPS) is 15.4. The summed E-state index contributed by atoms with van der Waals surface area (Å²) >= 11 is 0. The Bertz CT molecular complexity index is 467. The third-order valence-corrected chi connectivity index (χ3v) is 4.89. The minimum Gasteiger partial charge on any atom is -0.375 e. The van der Waals surface area contributed by atoms with Gasteiger partial charge in [-0.2, -0.15) is 0 Å². The summed E-state index contributed by atoms with van der Waals surface area (Å²) in [5, 5.41) is 6.46. The van der Waals surface area contributed by atoms with Gasteiger partial charge in [-0.15, -0.1) is 24.8 Å². The van der Waals surface area contributed by atoms with E-state index in [-0.39, 0.29) is 30.7 Å². The predicted octanol–water partition coefficient (Wildman–Crippen LogP) is 3.50. The molecule has 1 unspecified atom stereocenters. The molecule has 0 spiro atoms. The van der Waals surface area contributed by atoms with Gasteiger partial charge in [0.05, 0.1) is 0 Å². The average Bonchev–Trinajstić information content (AvgIpc) is 2.60. The lowest BCUT2D eigenvalue weighted by molar-refractivity contribution is -0.122. The molecule has 0 bridgehead atoms. The van der Waals surface area contributed by atoms with E-state index in [9.17, 15) is 4.79 Å². The number of nitrogens with one attached hydrogen (secondary N) is 2. The van der Waals surface area contributed by atoms with Crippen LogP contribution in [-0.4, -0.2) is 39.1 Å². The van der Waals surface area contributed by atoms with Gasteiger partial charge < -0.3 is 15.5 Å². The van der Waals surface area contributed by atoms with E-state index >= 15 is 0 Å². The van der Waals surface area contributed by atoms with Crippen molar-refractivity contribution in [2.24, 2.45) is 11.8 Å². The Labute approximate surface area is 164 Å². The Balaban J connectivity index is 0.00000288. The zero-order chi connectivity index (χ0) is 16.5. The number of carbonyl (C=O) groups is 1. The molecule has 2 N–H and O–H groups in total. The average molecular weight is 390 g/mol. The molecule has 0 aromatic heterocycles. The van der Waals surface area contributed by atoms with Gasteiger partial charge in [0.1, 0.15) is 0 Å². The first-order valence-electron chi connectivity index (χ1n) is 8.90. The highest BCUT2D eigenvalue weighted by molar-refractivity contribution is 5.85. The Morgan fingerprint density at radius 2 is 1.88 bits per heavy atom. The second-order valence-corrected chi connectivity index (χ2v) is 6.73. The molecule has 25 heavy (non-hydrogen) atoms. The molecule has 0 radical (unpaired) electrons.